The first kappa shape index (κ1) is 23.5. The molecule has 50 heavy (non-hydrogen) atoms. The summed E-state index contributed by atoms with van der Waals surface area (Å²) in [5, 5.41) is 4.14. The van der Waals surface area contributed by atoms with Gasteiger partial charge in [0, 0.05) is 43.9 Å². The monoisotopic (exact) mass is 645 g/mol. The van der Waals surface area contributed by atoms with Crippen molar-refractivity contribution in [2.75, 3.05) is 0 Å². The summed E-state index contributed by atoms with van der Waals surface area (Å²) in [6, 6.07) is 44.6. The highest BCUT2D eigenvalue weighted by Gasteiger charge is 2.16. The summed E-state index contributed by atoms with van der Waals surface area (Å²) in [7, 11) is 0. The molecule has 0 amide bonds. The van der Waals surface area contributed by atoms with Crippen LogP contribution in [-0.4, -0.2) is 19.5 Å². The molecule has 0 unspecified atom stereocenters. The first-order valence-corrected chi connectivity index (χ1v) is 16.3. The zero-order valence-electron chi connectivity index (χ0n) is 31.5. The third-order valence-corrected chi connectivity index (χ3v) is 9.14. The number of fused-ring (bicyclic) bond motifs is 6. The quantitative estimate of drug-likeness (QED) is 0.187. The van der Waals surface area contributed by atoms with Gasteiger partial charge in [0.15, 0.2) is 17.5 Å². The molecule has 0 radical (unpaired) electrons. The standard InChI is InChI=1S/C45H28N4O/c1-4-12-29(13-5-1)43-46-44(30-14-6-2-7-15-30)48-45(47-43)33-22-25-41-38(27-33)36-23-20-32(28-42(36)50-41)31-21-24-40-37(26-31)35-18-10-11-19-39(35)49(40)34-16-8-3-9-17-34/h1-28H/i1D,4D,5D,12D,13D. The molecular formula is C45H28N4O. The number of furan rings is 1. The van der Waals surface area contributed by atoms with E-state index in [1.54, 1.807) is 0 Å². The van der Waals surface area contributed by atoms with E-state index < -0.39 is 18.1 Å². The van der Waals surface area contributed by atoms with Gasteiger partial charge < -0.3 is 8.98 Å². The number of rotatable bonds is 5. The SMILES string of the molecule is [2H]c1c([2H])c([2H])c(-c2nc(-c3ccccc3)nc(-c3ccc4oc5cc(-c6ccc7c(c6)c6ccccc6n7-c6ccccc6)ccc5c4c3)n2)c([2H])c1[2H]. The van der Waals surface area contributed by atoms with Crippen molar-refractivity contribution in [2.24, 2.45) is 0 Å². The molecule has 7 aromatic carbocycles. The molecule has 0 bridgehead atoms. The summed E-state index contributed by atoms with van der Waals surface area (Å²) < 4.78 is 50.5. The maximum Gasteiger partial charge on any atom is 0.164 e. The van der Waals surface area contributed by atoms with Gasteiger partial charge in [0.1, 0.15) is 11.2 Å². The Morgan fingerprint density at radius 1 is 0.420 bits per heavy atom. The smallest absolute Gasteiger partial charge is 0.164 e. The first-order valence-electron chi connectivity index (χ1n) is 18.8. The molecule has 0 aliphatic rings. The van der Waals surface area contributed by atoms with E-state index in [1.807, 2.05) is 54.6 Å². The first-order chi connectivity index (χ1) is 26.8. The Morgan fingerprint density at radius 2 is 1.04 bits per heavy atom. The molecule has 234 valence electrons. The van der Waals surface area contributed by atoms with Crippen molar-refractivity contribution in [3.05, 3.63) is 170 Å². The summed E-state index contributed by atoms with van der Waals surface area (Å²) in [4.78, 5) is 14.1. The second-order valence-electron chi connectivity index (χ2n) is 12.1. The van der Waals surface area contributed by atoms with Gasteiger partial charge in [0.2, 0.25) is 0 Å². The second-order valence-corrected chi connectivity index (χ2v) is 12.1. The molecule has 0 N–H and O–H groups in total. The average molecular weight is 646 g/mol. The number of aromatic nitrogens is 4. The van der Waals surface area contributed by atoms with E-state index in [9.17, 15) is 0 Å². The minimum absolute atomic E-state index is 0.00787. The van der Waals surface area contributed by atoms with Crippen molar-refractivity contribution in [2.45, 2.75) is 0 Å². The van der Waals surface area contributed by atoms with Gasteiger partial charge in [0.25, 0.3) is 0 Å². The number of hydrogen-bond donors (Lipinski definition) is 0. The van der Waals surface area contributed by atoms with Gasteiger partial charge in [-0.1, -0.05) is 109 Å². The molecule has 10 aromatic rings. The van der Waals surface area contributed by atoms with Crippen molar-refractivity contribution in [3.63, 3.8) is 0 Å². The van der Waals surface area contributed by atoms with E-state index in [-0.39, 0.29) is 23.5 Å². The molecule has 5 nitrogen and oxygen atoms in total. The van der Waals surface area contributed by atoms with Gasteiger partial charge in [-0.3, -0.25) is 0 Å². The van der Waals surface area contributed by atoms with Crippen molar-refractivity contribution >= 4 is 43.7 Å². The maximum absolute atomic E-state index is 8.61. The summed E-state index contributed by atoms with van der Waals surface area (Å²) in [6.45, 7) is 0. The highest BCUT2D eigenvalue weighted by atomic mass is 16.3. The minimum atomic E-state index is -0.479. The van der Waals surface area contributed by atoms with E-state index in [0.29, 0.717) is 28.4 Å². The lowest BCUT2D eigenvalue weighted by molar-refractivity contribution is 0.669. The van der Waals surface area contributed by atoms with Crippen molar-refractivity contribution < 1.29 is 11.3 Å². The number of nitrogens with zero attached hydrogens (tertiary/aromatic N) is 4. The Kier molecular flexibility index (Phi) is 5.35. The van der Waals surface area contributed by atoms with E-state index in [4.69, 9.17) is 21.2 Å². The van der Waals surface area contributed by atoms with Gasteiger partial charge in [-0.15, -0.1) is 0 Å². The highest BCUT2D eigenvalue weighted by molar-refractivity contribution is 6.11. The Morgan fingerprint density at radius 3 is 1.86 bits per heavy atom. The molecule has 10 rings (SSSR count). The Labute approximate surface area is 294 Å². The van der Waals surface area contributed by atoms with Crippen LogP contribution in [0.1, 0.15) is 6.85 Å². The van der Waals surface area contributed by atoms with Crippen molar-refractivity contribution in [1.29, 1.82) is 0 Å². The van der Waals surface area contributed by atoms with Crippen LogP contribution in [0, 0.1) is 0 Å². The predicted octanol–water partition coefficient (Wildman–Crippen LogP) is 11.5. The third kappa shape index (κ3) is 4.67. The zero-order chi connectivity index (χ0) is 37.4. The van der Waals surface area contributed by atoms with E-state index >= 15 is 0 Å². The molecule has 0 atom stereocenters. The summed E-state index contributed by atoms with van der Waals surface area (Å²) in [6.07, 6.45) is 0. The van der Waals surface area contributed by atoms with Crippen LogP contribution >= 0.6 is 0 Å². The summed E-state index contributed by atoms with van der Waals surface area (Å²) >= 11 is 0. The van der Waals surface area contributed by atoms with Gasteiger partial charge in [0.05, 0.1) is 17.9 Å². The van der Waals surface area contributed by atoms with Gasteiger partial charge >= 0.3 is 0 Å². The van der Waals surface area contributed by atoms with Crippen LogP contribution in [0.4, 0.5) is 0 Å². The molecule has 3 aromatic heterocycles. The van der Waals surface area contributed by atoms with E-state index in [1.165, 1.54) is 10.8 Å². The molecule has 0 fully saturated rings. The fraction of sp³-hybridized carbons (Fsp3) is 0. The van der Waals surface area contributed by atoms with Gasteiger partial charge in [-0.2, -0.15) is 0 Å². The van der Waals surface area contributed by atoms with Crippen LogP contribution < -0.4 is 0 Å². The van der Waals surface area contributed by atoms with Crippen LogP contribution in [0.15, 0.2) is 174 Å². The lowest BCUT2D eigenvalue weighted by Crippen LogP contribution is -2.00. The molecule has 0 aliphatic carbocycles. The van der Waals surface area contributed by atoms with Crippen LogP contribution in [0.3, 0.4) is 0 Å². The lowest BCUT2D eigenvalue weighted by Gasteiger charge is -2.08. The van der Waals surface area contributed by atoms with Crippen LogP contribution in [-0.2, 0) is 0 Å². The lowest BCUT2D eigenvalue weighted by atomic mass is 10.0. The fourth-order valence-electron chi connectivity index (χ4n) is 6.80. The minimum Gasteiger partial charge on any atom is -0.456 e. The van der Waals surface area contributed by atoms with Gasteiger partial charge in [-0.25, -0.2) is 15.0 Å². The number of hydrogen-bond acceptors (Lipinski definition) is 4. The summed E-state index contributed by atoms with van der Waals surface area (Å²) in [5.74, 6) is 0.607. The molecular weight excluding hydrogens is 613 g/mol. The van der Waals surface area contributed by atoms with Crippen molar-refractivity contribution in [3.8, 4) is 51.0 Å². The molecule has 0 saturated carbocycles. The highest BCUT2D eigenvalue weighted by Crippen LogP contribution is 2.38. The normalized spacial score (nSPS) is 13.0. The van der Waals surface area contributed by atoms with Crippen LogP contribution in [0.25, 0.3) is 94.7 Å². The van der Waals surface area contributed by atoms with E-state index in [2.05, 4.69) is 94.5 Å². The molecule has 0 aliphatic heterocycles. The maximum atomic E-state index is 8.61. The molecule has 0 spiro atoms. The Balaban J connectivity index is 1.09. The predicted molar refractivity (Wildman–Crippen MR) is 203 cm³/mol. The number of benzene rings is 7. The van der Waals surface area contributed by atoms with Crippen LogP contribution in [0.2, 0.25) is 0 Å². The topological polar surface area (TPSA) is 56.7 Å². The third-order valence-electron chi connectivity index (χ3n) is 9.14. The van der Waals surface area contributed by atoms with Crippen molar-refractivity contribution in [1.82, 2.24) is 19.5 Å². The Hall–Kier alpha value is -6.85. The second kappa shape index (κ2) is 11.4. The molecule has 5 heteroatoms. The fourth-order valence-corrected chi connectivity index (χ4v) is 6.80. The van der Waals surface area contributed by atoms with Crippen LogP contribution in [0.5, 0.6) is 0 Å². The van der Waals surface area contributed by atoms with E-state index in [0.717, 1.165) is 44.2 Å². The molecule has 0 saturated heterocycles. The largest absolute Gasteiger partial charge is 0.456 e. The average Bonchev–Trinajstić information content (AvgIpc) is 3.77. The zero-order valence-corrected chi connectivity index (χ0v) is 26.5. The Bertz CT molecular complexity index is 3130. The molecule has 3 heterocycles. The number of para-hydroxylation sites is 2. The van der Waals surface area contributed by atoms with Gasteiger partial charge in [-0.05, 0) is 71.8 Å². The summed E-state index contributed by atoms with van der Waals surface area (Å²) in [5.41, 5.74) is 8.20.